The Kier molecular flexibility index (Phi) is 5.33. The maximum Gasteiger partial charge on any atom is 0.416 e. The third kappa shape index (κ3) is 4.67. The molecule has 0 heterocycles. The molecule has 0 atom stereocenters. The third-order valence-electron chi connectivity index (χ3n) is 3.82. The van der Waals surface area contributed by atoms with E-state index in [1.165, 1.54) is 12.1 Å². The fourth-order valence-corrected chi connectivity index (χ4v) is 2.81. The van der Waals surface area contributed by atoms with Gasteiger partial charge in [0.1, 0.15) is 0 Å². The number of nitrogens with one attached hydrogen (secondary N) is 1. The zero-order chi connectivity index (χ0) is 14.6. The summed E-state index contributed by atoms with van der Waals surface area (Å²) in [5.74, 6) is 0.638. The van der Waals surface area contributed by atoms with Crippen LogP contribution < -0.4 is 5.32 Å². The Morgan fingerprint density at radius 2 is 1.65 bits per heavy atom. The van der Waals surface area contributed by atoms with Crippen molar-refractivity contribution in [3.8, 4) is 0 Å². The van der Waals surface area contributed by atoms with Crippen molar-refractivity contribution in [1.82, 2.24) is 5.32 Å². The molecule has 0 aliphatic heterocycles. The maximum atomic E-state index is 12.4. The highest BCUT2D eigenvalue weighted by Gasteiger charge is 2.29. The highest BCUT2D eigenvalue weighted by Crippen LogP contribution is 2.29. The Labute approximate surface area is 122 Å². The molecule has 1 saturated carbocycles. The van der Waals surface area contributed by atoms with E-state index in [0.717, 1.165) is 49.9 Å². The van der Waals surface area contributed by atoms with Crippen molar-refractivity contribution in [2.24, 2.45) is 5.92 Å². The second kappa shape index (κ2) is 6.81. The molecule has 20 heavy (non-hydrogen) atoms. The van der Waals surface area contributed by atoms with Gasteiger partial charge in [-0.1, -0.05) is 12.1 Å². The van der Waals surface area contributed by atoms with Crippen LogP contribution in [0.5, 0.6) is 0 Å². The van der Waals surface area contributed by atoms with E-state index in [1.54, 1.807) is 0 Å². The first-order chi connectivity index (χ1) is 9.45. The van der Waals surface area contributed by atoms with Crippen molar-refractivity contribution >= 4 is 11.6 Å². The van der Waals surface area contributed by atoms with Gasteiger partial charge in [0.2, 0.25) is 0 Å². The number of alkyl halides is 4. The largest absolute Gasteiger partial charge is 0.416 e. The topological polar surface area (TPSA) is 12.0 Å². The first-order valence-electron chi connectivity index (χ1n) is 6.96. The predicted octanol–water partition coefficient (Wildman–Crippen LogP) is 4.59. The standard InChI is InChI=1S/C15H19ClF3N/c16-14-7-3-12(4-8-14)10-20-9-11-1-5-13(6-2-11)15(17,18)19/h1-2,5-6,12,14,20H,3-4,7-10H2. The van der Waals surface area contributed by atoms with Crippen molar-refractivity contribution in [2.45, 2.75) is 43.8 Å². The second-order valence-corrected chi connectivity index (χ2v) is 6.06. The molecule has 1 N–H and O–H groups in total. The lowest BCUT2D eigenvalue weighted by Gasteiger charge is -2.25. The normalized spacial score (nSPS) is 23.8. The van der Waals surface area contributed by atoms with Gasteiger partial charge in [-0.05, 0) is 55.8 Å². The molecule has 112 valence electrons. The molecule has 0 aromatic heterocycles. The molecule has 0 amide bonds. The van der Waals surface area contributed by atoms with E-state index in [0.29, 0.717) is 17.8 Å². The average molecular weight is 306 g/mol. The molecule has 0 spiro atoms. The number of halogens is 4. The van der Waals surface area contributed by atoms with Crippen LogP contribution in [0.1, 0.15) is 36.8 Å². The highest BCUT2D eigenvalue weighted by molar-refractivity contribution is 6.20. The second-order valence-electron chi connectivity index (χ2n) is 5.44. The van der Waals surface area contributed by atoms with Gasteiger partial charge in [-0.3, -0.25) is 0 Å². The zero-order valence-corrected chi connectivity index (χ0v) is 12.0. The lowest BCUT2D eigenvalue weighted by molar-refractivity contribution is -0.137. The fraction of sp³-hybridized carbons (Fsp3) is 0.600. The van der Waals surface area contributed by atoms with Crippen molar-refractivity contribution in [3.63, 3.8) is 0 Å². The zero-order valence-electron chi connectivity index (χ0n) is 11.2. The van der Waals surface area contributed by atoms with Crippen LogP contribution in [-0.2, 0) is 12.7 Å². The molecule has 1 nitrogen and oxygen atoms in total. The molecule has 1 fully saturated rings. The molecule has 0 saturated heterocycles. The molecule has 1 aromatic rings. The molecule has 0 radical (unpaired) electrons. The number of hydrogen-bond donors (Lipinski definition) is 1. The molecule has 5 heteroatoms. The summed E-state index contributed by atoms with van der Waals surface area (Å²) in [5, 5.41) is 3.64. The van der Waals surface area contributed by atoms with E-state index in [2.05, 4.69) is 5.32 Å². The molecule has 1 aliphatic rings. The fourth-order valence-electron chi connectivity index (χ4n) is 2.56. The van der Waals surface area contributed by atoms with Crippen LogP contribution in [0.4, 0.5) is 13.2 Å². The summed E-state index contributed by atoms with van der Waals surface area (Å²) >= 11 is 6.05. The summed E-state index contributed by atoms with van der Waals surface area (Å²) < 4.78 is 37.3. The van der Waals surface area contributed by atoms with E-state index in [4.69, 9.17) is 11.6 Å². The summed E-state index contributed by atoms with van der Waals surface area (Å²) in [6.45, 7) is 1.52. The SMILES string of the molecule is FC(F)(F)c1ccc(CNCC2CCC(Cl)CC2)cc1. The van der Waals surface area contributed by atoms with Gasteiger partial charge in [-0.25, -0.2) is 0 Å². The van der Waals surface area contributed by atoms with Crippen LogP contribution in [0.3, 0.4) is 0 Å². The van der Waals surface area contributed by atoms with E-state index >= 15 is 0 Å². The van der Waals surface area contributed by atoms with Crippen LogP contribution in [-0.4, -0.2) is 11.9 Å². The Balaban J connectivity index is 1.74. The lowest BCUT2D eigenvalue weighted by Crippen LogP contribution is -2.26. The molecule has 0 bridgehead atoms. The van der Waals surface area contributed by atoms with Crippen molar-refractivity contribution in [3.05, 3.63) is 35.4 Å². The molecular weight excluding hydrogens is 287 g/mol. The number of benzene rings is 1. The average Bonchev–Trinajstić information content (AvgIpc) is 2.41. The Morgan fingerprint density at radius 3 is 2.20 bits per heavy atom. The minimum absolute atomic E-state index is 0.321. The quantitative estimate of drug-likeness (QED) is 0.802. The summed E-state index contributed by atoms with van der Waals surface area (Å²) in [5.41, 5.74) is 0.283. The predicted molar refractivity (Wildman–Crippen MR) is 74.7 cm³/mol. The van der Waals surface area contributed by atoms with Crippen LogP contribution in [0.25, 0.3) is 0 Å². The first-order valence-corrected chi connectivity index (χ1v) is 7.39. The van der Waals surface area contributed by atoms with Gasteiger partial charge in [0.15, 0.2) is 0 Å². The van der Waals surface area contributed by atoms with Crippen LogP contribution >= 0.6 is 11.6 Å². The molecular formula is C15H19ClF3N. The van der Waals surface area contributed by atoms with Crippen LogP contribution in [0, 0.1) is 5.92 Å². The van der Waals surface area contributed by atoms with Crippen molar-refractivity contribution in [2.75, 3.05) is 6.54 Å². The van der Waals surface area contributed by atoms with Gasteiger partial charge in [0, 0.05) is 11.9 Å². The number of rotatable bonds is 4. The summed E-state index contributed by atoms with van der Waals surface area (Å²) in [6, 6.07) is 5.34. The first kappa shape index (κ1) is 15.6. The molecule has 1 aromatic carbocycles. The van der Waals surface area contributed by atoms with E-state index in [1.807, 2.05) is 0 Å². The highest BCUT2D eigenvalue weighted by atomic mass is 35.5. The van der Waals surface area contributed by atoms with E-state index < -0.39 is 11.7 Å². The van der Waals surface area contributed by atoms with Gasteiger partial charge < -0.3 is 5.32 Å². The van der Waals surface area contributed by atoms with Crippen LogP contribution in [0.15, 0.2) is 24.3 Å². The van der Waals surface area contributed by atoms with E-state index in [-0.39, 0.29) is 0 Å². The third-order valence-corrected chi connectivity index (χ3v) is 4.26. The van der Waals surface area contributed by atoms with Crippen LogP contribution in [0.2, 0.25) is 0 Å². The Bertz CT molecular complexity index is 408. The molecule has 1 aliphatic carbocycles. The molecule has 2 rings (SSSR count). The van der Waals surface area contributed by atoms with Crippen molar-refractivity contribution < 1.29 is 13.2 Å². The lowest BCUT2D eigenvalue weighted by atomic mass is 9.89. The molecule has 0 unspecified atom stereocenters. The Morgan fingerprint density at radius 1 is 1.05 bits per heavy atom. The number of hydrogen-bond acceptors (Lipinski definition) is 1. The smallest absolute Gasteiger partial charge is 0.312 e. The van der Waals surface area contributed by atoms with Gasteiger partial charge in [0.05, 0.1) is 5.56 Å². The van der Waals surface area contributed by atoms with Gasteiger partial charge in [-0.15, -0.1) is 11.6 Å². The van der Waals surface area contributed by atoms with E-state index in [9.17, 15) is 13.2 Å². The van der Waals surface area contributed by atoms with Gasteiger partial charge in [-0.2, -0.15) is 13.2 Å². The summed E-state index contributed by atoms with van der Waals surface area (Å²) in [6.07, 6.45) is 0.136. The monoisotopic (exact) mass is 305 g/mol. The Hall–Kier alpha value is -0.740. The summed E-state index contributed by atoms with van der Waals surface area (Å²) in [4.78, 5) is 0. The summed E-state index contributed by atoms with van der Waals surface area (Å²) in [7, 11) is 0. The van der Waals surface area contributed by atoms with Gasteiger partial charge in [0.25, 0.3) is 0 Å². The van der Waals surface area contributed by atoms with Gasteiger partial charge >= 0.3 is 6.18 Å². The van der Waals surface area contributed by atoms with Crippen molar-refractivity contribution in [1.29, 1.82) is 0 Å². The maximum absolute atomic E-state index is 12.4. The minimum Gasteiger partial charge on any atom is -0.312 e. The minimum atomic E-state index is -4.26.